The third kappa shape index (κ3) is 3.47. The number of rotatable bonds is 0. The third-order valence-electron chi connectivity index (χ3n) is 3.42. The Morgan fingerprint density at radius 2 is 1.41 bits per heavy atom. The number of phenols is 1. The van der Waals surface area contributed by atoms with Gasteiger partial charge in [-0.2, -0.15) is 0 Å². The number of hydrogen-bond donors (Lipinski definition) is 1. The molecule has 1 aliphatic heterocycles. The fourth-order valence-electron chi connectivity index (χ4n) is 2.23. The first-order chi connectivity index (χ1) is 10.9. The van der Waals surface area contributed by atoms with E-state index in [0.29, 0.717) is 5.75 Å². The Labute approximate surface area is 130 Å². The second-order valence-electron chi connectivity index (χ2n) is 5.06. The molecule has 2 aliphatic carbocycles. The van der Waals surface area contributed by atoms with Gasteiger partial charge in [-0.25, -0.2) is 0 Å². The van der Waals surface area contributed by atoms with Crippen LogP contribution in [-0.4, -0.2) is 5.11 Å². The summed E-state index contributed by atoms with van der Waals surface area (Å²) in [5, 5.41) is 11.5. The van der Waals surface area contributed by atoms with Crippen LogP contribution < -0.4 is 4.74 Å². The number of fused-ring (bicyclic) bond motifs is 2. The van der Waals surface area contributed by atoms with E-state index in [1.54, 1.807) is 0 Å². The molecule has 22 heavy (non-hydrogen) atoms. The van der Waals surface area contributed by atoms with Crippen LogP contribution in [0.25, 0.3) is 10.8 Å². The van der Waals surface area contributed by atoms with Crippen molar-refractivity contribution in [1.82, 2.24) is 0 Å². The molecular weight excluding hydrogens is 272 g/mol. The van der Waals surface area contributed by atoms with Gasteiger partial charge in [0.05, 0.1) is 0 Å². The molecule has 0 bridgehead atoms. The van der Waals surface area contributed by atoms with Crippen molar-refractivity contribution in [1.29, 1.82) is 0 Å². The molecule has 3 aliphatic rings. The second kappa shape index (κ2) is 6.81. The summed E-state index contributed by atoms with van der Waals surface area (Å²) in [6.07, 6.45) is 19.0. The van der Waals surface area contributed by atoms with Crippen molar-refractivity contribution in [3.8, 4) is 17.2 Å². The third-order valence-corrected chi connectivity index (χ3v) is 3.42. The maximum Gasteiger partial charge on any atom is 0.212 e. The minimum Gasteiger partial charge on any atom is -0.504 e. The smallest absolute Gasteiger partial charge is 0.212 e. The van der Waals surface area contributed by atoms with E-state index in [0.717, 1.165) is 29.4 Å². The first-order valence-electron chi connectivity index (χ1n) is 7.42. The molecule has 0 amide bonds. The summed E-state index contributed by atoms with van der Waals surface area (Å²) in [4.78, 5) is 0. The molecule has 1 N–H and O–H groups in total. The van der Waals surface area contributed by atoms with Crippen molar-refractivity contribution in [3.63, 3.8) is 0 Å². The van der Waals surface area contributed by atoms with Crippen LogP contribution in [0.3, 0.4) is 0 Å². The molecule has 5 rings (SSSR count). The first kappa shape index (κ1) is 14.2. The highest BCUT2D eigenvalue weighted by Crippen LogP contribution is 2.55. The molecule has 0 aromatic heterocycles. The van der Waals surface area contributed by atoms with Crippen molar-refractivity contribution in [3.05, 3.63) is 78.9 Å². The van der Waals surface area contributed by atoms with Gasteiger partial charge in [0.2, 0.25) is 5.75 Å². The fourth-order valence-corrected chi connectivity index (χ4v) is 2.23. The molecule has 0 atom stereocenters. The number of benzene rings is 2. The number of allylic oxidation sites excluding steroid dienone is 8. The van der Waals surface area contributed by atoms with Gasteiger partial charge in [0.25, 0.3) is 0 Å². The molecule has 2 aromatic carbocycles. The van der Waals surface area contributed by atoms with E-state index >= 15 is 0 Å². The van der Waals surface area contributed by atoms with Gasteiger partial charge in [0.1, 0.15) is 0 Å². The molecule has 0 saturated carbocycles. The van der Waals surface area contributed by atoms with Crippen LogP contribution in [0.4, 0.5) is 0 Å². The Hall–Kier alpha value is -2.74. The first-order valence-corrected chi connectivity index (χ1v) is 7.42. The van der Waals surface area contributed by atoms with Gasteiger partial charge >= 0.3 is 0 Å². The Morgan fingerprint density at radius 3 is 1.95 bits per heavy atom. The van der Waals surface area contributed by atoms with Crippen molar-refractivity contribution in [2.24, 2.45) is 0 Å². The number of ether oxygens (including phenoxy) is 1. The zero-order valence-electron chi connectivity index (χ0n) is 12.3. The fraction of sp³-hybridized carbons (Fsp3) is 0.100. The molecule has 110 valence electrons. The summed E-state index contributed by atoms with van der Waals surface area (Å²) in [6, 6.07) is 9.61. The van der Waals surface area contributed by atoms with E-state index in [-0.39, 0.29) is 5.75 Å². The van der Waals surface area contributed by atoms with Gasteiger partial charge in [-0.15, -0.1) is 0 Å². The summed E-state index contributed by atoms with van der Waals surface area (Å²) < 4.78 is 5.06. The maximum absolute atomic E-state index is 9.59. The lowest BCUT2D eigenvalue weighted by atomic mass is 10.1. The molecule has 0 radical (unpaired) electrons. The predicted octanol–water partition coefficient (Wildman–Crippen LogP) is 5.66. The van der Waals surface area contributed by atoms with E-state index in [1.165, 1.54) is 0 Å². The van der Waals surface area contributed by atoms with Gasteiger partial charge in [-0.3, -0.25) is 0 Å². The zero-order chi connectivity index (χ0) is 15.2. The van der Waals surface area contributed by atoms with Gasteiger partial charge in [-0.05, 0) is 24.3 Å². The topological polar surface area (TPSA) is 32.8 Å². The summed E-state index contributed by atoms with van der Waals surface area (Å²) in [5.74, 6) is 1.70. The highest BCUT2D eigenvalue weighted by atomic mass is 16.6. The highest BCUT2D eigenvalue weighted by molar-refractivity contribution is 5.95. The summed E-state index contributed by atoms with van der Waals surface area (Å²) >= 11 is 0. The Balaban J connectivity index is 0.000000119. The average molecular weight is 290 g/mol. The summed E-state index contributed by atoms with van der Waals surface area (Å²) in [7, 11) is 0. The van der Waals surface area contributed by atoms with E-state index in [1.807, 2.05) is 30.3 Å². The normalized spacial score (nSPS) is 14.7. The van der Waals surface area contributed by atoms with Crippen LogP contribution in [-0.2, 0) is 0 Å². The average Bonchev–Trinajstić information content (AvgIpc) is 3.03. The maximum atomic E-state index is 9.59. The van der Waals surface area contributed by atoms with E-state index in [4.69, 9.17) is 4.74 Å². The number of phenolic OH excluding ortho intramolecular Hbond substituents is 1. The molecule has 1 heterocycles. The van der Waals surface area contributed by atoms with Gasteiger partial charge < -0.3 is 9.84 Å². The summed E-state index contributed by atoms with van der Waals surface area (Å²) in [5.41, 5.74) is 0. The number of hydrogen-bond acceptors (Lipinski definition) is 2. The van der Waals surface area contributed by atoms with E-state index in [2.05, 4.69) is 48.6 Å². The minimum atomic E-state index is 0.267. The van der Waals surface area contributed by atoms with Gasteiger partial charge in [0.15, 0.2) is 11.5 Å². The zero-order valence-corrected chi connectivity index (χ0v) is 12.3. The lowest BCUT2D eigenvalue weighted by Gasteiger charge is -1.94. The predicted molar refractivity (Wildman–Crippen MR) is 91.5 cm³/mol. The SMILES string of the molecule is C1=CCC=C1.C1=CCC=C1.Oc1c2c(cc3ccccc13)O2. The monoisotopic (exact) mass is 290 g/mol. The van der Waals surface area contributed by atoms with Gasteiger partial charge in [-0.1, -0.05) is 72.9 Å². The molecule has 2 nitrogen and oxygen atoms in total. The van der Waals surface area contributed by atoms with Crippen molar-refractivity contribution in [2.75, 3.05) is 0 Å². The molecule has 0 spiro atoms. The Kier molecular flexibility index (Phi) is 4.40. The van der Waals surface area contributed by atoms with Crippen LogP contribution in [0.15, 0.2) is 78.9 Å². The van der Waals surface area contributed by atoms with Crippen LogP contribution >= 0.6 is 0 Å². The molecular formula is C20H18O2. The molecule has 2 heteroatoms. The number of aromatic hydroxyl groups is 1. The highest BCUT2D eigenvalue weighted by Gasteiger charge is 2.26. The quantitative estimate of drug-likeness (QED) is 0.542. The van der Waals surface area contributed by atoms with Crippen LogP contribution in [0.5, 0.6) is 17.2 Å². The lowest BCUT2D eigenvalue weighted by Crippen LogP contribution is -1.67. The van der Waals surface area contributed by atoms with E-state index < -0.39 is 0 Å². The Morgan fingerprint density at radius 1 is 0.818 bits per heavy atom. The minimum absolute atomic E-state index is 0.267. The second-order valence-corrected chi connectivity index (χ2v) is 5.06. The molecule has 0 fully saturated rings. The van der Waals surface area contributed by atoms with Crippen molar-refractivity contribution < 1.29 is 9.84 Å². The van der Waals surface area contributed by atoms with Gasteiger partial charge in [0, 0.05) is 5.39 Å². The van der Waals surface area contributed by atoms with E-state index in [9.17, 15) is 5.11 Å². The standard InChI is InChI=1S/C10H6O2.2C5H6/c11-9-7-4-2-1-3-6(7)5-8-10(9)12-8;2*1-2-4-5-3-1/h1-5,11H;2*1-4H,5H2. The Bertz CT molecular complexity index is 738. The lowest BCUT2D eigenvalue weighted by molar-refractivity contribution is 0.469. The molecule has 0 saturated heterocycles. The molecule has 2 aromatic rings. The largest absolute Gasteiger partial charge is 0.504 e. The van der Waals surface area contributed by atoms with Crippen LogP contribution in [0, 0.1) is 0 Å². The van der Waals surface area contributed by atoms with Crippen molar-refractivity contribution in [2.45, 2.75) is 12.8 Å². The molecule has 0 unspecified atom stereocenters. The van der Waals surface area contributed by atoms with Crippen LogP contribution in [0.1, 0.15) is 12.8 Å². The summed E-state index contributed by atoms with van der Waals surface area (Å²) in [6.45, 7) is 0. The van der Waals surface area contributed by atoms with Crippen LogP contribution in [0.2, 0.25) is 0 Å². The van der Waals surface area contributed by atoms with Crippen molar-refractivity contribution >= 4 is 10.8 Å².